The van der Waals surface area contributed by atoms with Gasteiger partial charge in [-0.25, -0.2) is 9.97 Å². The van der Waals surface area contributed by atoms with Gasteiger partial charge < -0.3 is 14.2 Å². The first kappa shape index (κ1) is 30.9. The topological polar surface area (TPSA) is 48.1 Å². The quantitative estimate of drug-likeness (QED) is 0.191. The number of imidazole rings is 1. The maximum absolute atomic E-state index is 6.82. The van der Waals surface area contributed by atoms with Crippen molar-refractivity contribution in [3.05, 3.63) is 126 Å². The van der Waals surface area contributed by atoms with E-state index in [2.05, 4.69) is 166 Å². The van der Waals surface area contributed by atoms with E-state index in [1.54, 1.807) is 0 Å². The molecule has 0 amide bonds. The Balaban J connectivity index is 1.25. The summed E-state index contributed by atoms with van der Waals surface area (Å²) in [6.45, 7) is 18.4. The van der Waals surface area contributed by atoms with Gasteiger partial charge >= 0.3 is 0 Å². The minimum atomic E-state index is -0.0871. The van der Waals surface area contributed by atoms with Gasteiger partial charge in [-0.15, -0.1) is 0 Å². The predicted octanol–water partition coefficient (Wildman–Crippen LogP) is 11.2. The molecule has 246 valence electrons. The van der Waals surface area contributed by atoms with Crippen molar-refractivity contribution in [3.8, 4) is 28.7 Å². The van der Waals surface area contributed by atoms with Gasteiger partial charge in [-0.2, -0.15) is 0 Å². The van der Waals surface area contributed by atoms with Crippen LogP contribution in [0.2, 0.25) is 0 Å². The summed E-state index contributed by atoms with van der Waals surface area (Å²) in [5.41, 5.74) is 10.2. The van der Waals surface area contributed by atoms with Gasteiger partial charge in [-0.1, -0.05) is 71.9 Å². The number of hydrogen-bond acceptors (Lipinski definition) is 4. The molecule has 0 radical (unpaired) electrons. The number of ether oxygens (including phenoxy) is 1. The lowest BCUT2D eigenvalue weighted by molar-refractivity contribution is 0.479. The van der Waals surface area contributed by atoms with E-state index in [0.717, 1.165) is 56.8 Å². The standard InChI is InChI=1S/C43H43N5O/c1-27-28(2)46-26-47(37-15-11-10-14-36(37)41(46)45-27)31-21-30(43(6,7)8)22-33(24-31)49-32-17-18-35-34-13-9-12-16-38(34)48(39(35)25-32)40-23-29(19-20-44-40)42(3,4)5/h9-25H,26H2,1-8H3. The molecule has 0 bridgehead atoms. The number of aryl methyl sites for hydroxylation is 1. The van der Waals surface area contributed by atoms with E-state index in [1.165, 1.54) is 27.6 Å². The van der Waals surface area contributed by atoms with Gasteiger partial charge in [0.25, 0.3) is 0 Å². The summed E-state index contributed by atoms with van der Waals surface area (Å²) in [6, 6.07) is 34.5. The number of anilines is 2. The van der Waals surface area contributed by atoms with Crippen LogP contribution in [-0.4, -0.2) is 19.1 Å². The summed E-state index contributed by atoms with van der Waals surface area (Å²) in [5.74, 6) is 3.51. The van der Waals surface area contributed by atoms with E-state index in [1.807, 2.05) is 6.20 Å². The summed E-state index contributed by atoms with van der Waals surface area (Å²) in [4.78, 5) is 12.2. The van der Waals surface area contributed by atoms with Crippen LogP contribution in [0.1, 0.15) is 64.1 Å². The number of hydrogen-bond donors (Lipinski definition) is 0. The third-order valence-corrected chi connectivity index (χ3v) is 9.97. The van der Waals surface area contributed by atoms with Crippen LogP contribution < -0.4 is 9.64 Å². The number of aromatic nitrogens is 4. The number of para-hydroxylation sites is 2. The van der Waals surface area contributed by atoms with Crippen LogP contribution in [0.5, 0.6) is 11.5 Å². The van der Waals surface area contributed by atoms with Crippen molar-refractivity contribution in [1.82, 2.24) is 19.1 Å². The fourth-order valence-corrected chi connectivity index (χ4v) is 7.00. The number of pyridine rings is 1. The molecular formula is C43H43N5O. The molecule has 1 aliphatic heterocycles. The van der Waals surface area contributed by atoms with Gasteiger partial charge in [0, 0.05) is 46.0 Å². The molecule has 0 saturated carbocycles. The molecule has 6 heteroatoms. The molecule has 0 spiro atoms. The SMILES string of the molecule is Cc1nc2n(c1C)CN(c1cc(Oc3ccc4c5ccccc5n(-c5cc(C(C)(C)C)ccn5)c4c3)cc(C(C)(C)C)c1)c1ccccc1-2. The predicted molar refractivity (Wildman–Crippen MR) is 202 cm³/mol. The summed E-state index contributed by atoms with van der Waals surface area (Å²) in [5, 5.41) is 2.36. The summed E-state index contributed by atoms with van der Waals surface area (Å²) >= 11 is 0. The van der Waals surface area contributed by atoms with E-state index in [4.69, 9.17) is 14.7 Å². The van der Waals surface area contributed by atoms with E-state index in [-0.39, 0.29) is 10.8 Å². The first-order chi connectivity index (χ1) is 23.4. The maximum Gasteiger partial charge on any atom is 0.144 e. The van der Waals surface area contributed by atoms with Gasteiger partial charge in [-0.3, -0.25) is 4.57 Å². The molecule has 0 unspecified atom stereocenters. The number of rotatable bonds is 4. The van der Waals surface area contributed by atoms with E-state index >= 15 is 0 Å². The normalized spacial score (nSPS) is 13.2. The minimum absolute atomic E-state index is 0.00628. The number of nitrogens with zero attached hydrogens (tertiary/aromatic N) is 5. The summed E-state index contributed by atoms with van der Waals surface area (Å²) < 4.78 is 11.4. The highest BCUT2D eigenvalue weighted by Gasteiger charge is 2.28. The highest BCUT2D eigenvalue weighted by molar-refractivity contribution is 6.09. The summed E-state index contributed by atoms with van der Waals surface area (Å²) in [7, 11) is 0. The average Bonchev–Trinajstić information content (AvgIpc) is 3.56. The van der Waals surface area contributed by atoms with Gasteiger partial charge in [0.2, 0.25) is 0 Å². The van der Waals surface area contributed by atoms with Gasteiger partial charge in [0.05, 0.1) is 22.4 Å². The monoisotopic (exact) mass is 645 g/mol. The second-order valence-corrected chi connectivity index (χ2v) is 15.4. The van der Waals surface area contributed by atoms with Gasteiger partial charge in [0.15, 0.2) is 0 Å². The highest BCUT2D eigenvalue weighted by atomic mass is 16.5. The molecule has 0 N–H and O–H groups in total. The van der Waals surface area contributed by atoms with Crippen molar-refractivity contribution >= 4 is 33.2 Å². The van der Waals surface area contributed by atoms with Crippen LogP contribution in [0.25, 0.3) is 39.0 Å². The Morgan fingerprint density at radius 3 is 2.20 bits per heavy atom. The molecule has 0 saturated heterocycles. The molecule has 7 aromatic rings. The summed E-state index contributed by atoms with van der Waals surface area (Å²) in [6.07, 6.45) is 1.92. The molecule has 1 aliphatic rings. The fraction of sp³-hybridized carbons (Fsp3) is 0.256. The lowest BCUT2D eigenvalue weighted by Crippen LogP contribution is -2.27. The fourth-order valence-electron chi connectivity index (χ4n) is 7.00. The van der Waals surface area contributed by atoms with E-state index < -0.39 is 0 Å². The third kappa shape index (κ3) is 5.27. The molecule has 4 aromatic carbocycles. The molecular weight excluding hydrogens is 603 g/mol. The zero-order chi connectivity index (χ0) is 34.2. The van der Waals surface area contributed by atoms with Crippen molar-refractivity contribution in [3.63, 3.8) is 0 Å². The van der Waals surface area contributed by atoms with Crippen molar-refractivity contribution in [2.45, 2.75) is 72.9 Å². The Bertz CT molecular complexity index is 2400. The van der Waals surface area contributed by atoms with Crippen LogP contribution in [-0.2, 0) is 17.5 Å². The largest absolute Gasteiger partial charge is 0.457 e. The third-order valence-electron chi connectivity index (χ3n) is 9.97. The van der Waals surface area contributed by atoms with Crippen LogP contribution >= 0.6 is 0 Å². The van der Waals surface area contributed by atoms with E-state index in [0.29, 0.717) is 6.67 Å². The zero-order valence-electron chi connectivity index (χ0n) is 29.7. The average molecular weight is 646 g/mol. The van der Waals surface area contributed by atoms with Crippen molar-refractivity contribution < 1.29 is 4.74 Å². The van der Waals surface area contributed by atoms with Gasteiger partial charge in [-0.05, 0) is 90.4 Å². The first-order valence-corrected chi connectivity index (χ1v) is 17.1. The molecule has 4 heterocycles. The zero-order valence-corrected chi connectivity index (χ0v) is 29.7. The number of fused-ring (bicyclic) bond motifs is 6. The minimum Gasteiger partial charge on any atom is -0.457 e. The Morgan fingerprint density at radius 2 is 1.41 bits per heavy atom. The van der Waals surface area contributed by atoms with E-state index in [9.17, 15) is 0 Å². The van der Waals surface area contributed by atoms with Crippen molar-refractivity contribution in [1.29, 1.82) is 0 Å². The van der Waals surface area contributed by atoms with Crippen molar-refractivity contribution in [2.75, 3.05) is 4.90 Å². The molecule has 0 fully saturated rings. The molecule has 0 aliphatic carbocycles. The van der Waals surface area contributed by atoms with Crippen LogP contribution in [0.3, 0.4) is 0 Å². The molecule has 49 heavy (non-hydrogen) atoms. The number of benzene rings is 4. The second kappa shape index (κ2) is 11.1. The highest BCUT2D eigenvalue weighted by Crippen LogP contribution is 2.43. The maximum atomic E-state index is 6.82. The van der Waals surface area contributed by atoms with Crippen LogP contribution in [0.4, 0.5) is 11.4 Å². The molecule has 6 nitrogen and oxygen atoms in total. The molecule has 8 rings (SSSR count). The lowest BCUT2D eigenvalue weighted by atomic mass is 9.86. The molecule has 3 aromatic heterocycles. The lowest BCUT2D eigenvalue weighted by Gasteiger charge is -2.34. The van der Waals surface area contributed by atoms with Crippen molar-refractivity contribution in [2.24, 2.45) is 0 Å². The molecule has 0 atom stereocenters. The smallest absolute Gasteiger partial charge is 0.144 e. The van der Waals surface area contributed by atoms with Crippen LogP contribution in [0, 0.1) is 13.8 Å². The Morgan fingerprint density at radius 1 is 0.673 bits per heavy atom. The van der Waals surface area contributed by atoms with Crippen LogP contribution in [0.15, 0.2) is 103 Å². The Kier molecular flexibility index (Phi) is 7.00. The first-order valence-electron chi connectivity index (χ1n) is 17.1. The Hall–Kier alpha value is -5.36. The second-order valence-electron chi connectivity index (χ2n) is 15.4. The Labute approximate surface area is 288 Å². The van der Waals surface area contributed by atoms with Gasteiger partial charge in [0.1, 0.15) is 29.8 Å².